The van der Waals surface area contributed by atoms with E-state index in [9.17, 15) is 4.79 Å². The molecule has 2 aromatic carbocycles. The lowest BCUT2D eigenvalue weighted by Gasteiger charge is -2.14. The zero-order valence-corrected chi connectivity index (χ0v) is 17.2. The van der Waals surface area contributed by atoms with Crippen molar-refractivity contribution < 1.29 is 9.53 Å². The molecule has 0 fully saturated rings. The highest BCUT2D eigenvalue weighted by molar-refractivity contribution is 8.00. The minimum absolute atomic E-state index is 0.00162. The number of nitrogens with zero attached hydrogens (tertiary/aromatic N) is 2. The Bertz CT molecular complexity index is 907. The number of hydrogen-bond donors (Lipinski definition) is 1. The van der Waals surface area contributed by atoms with Gasteiger partial charge in [-0.25, -0.2) is 4.68 Å². The van der Waals surface area contributed by atoms with Crippen molar-refractivity contribution in [2.45, 2.75) is 31.7 Å². The number of nitrogens with one attached hydrogen (secondary N) is 1. The molecule has 3 aromatic rings. The molecule has 28 heavy (non-hydrogen) atoms. The number of carbonyl (C=O) groups excluding carboxylic acids is 1. The van der Waals surface area contributed by atoms with Crippen LogP contribution in [0.1, 0.15) is 31.1 Å². The Morgan fingerprint density at radius 3 is 2.57 bits per heavy atom. The molecule has 0 aliphatic rings. The molecule has 1 N–H and O–H groups in total. The average Bonchev–Trinajstić information content (AvgIpc) is 3.10. The van der Waals surface area contributed by atoms with E-state index < -0.39 is 0 Å². The summed E-state index contributed by atoms with van der Waals surface area (Å²) < 4.78 is 7.33. The average molecular weight is 396 g/mol. The lowest BCUT2D eigenvalue weighted by atomic mass is 10.1. The van der Waals surface area contributed by atoms with Gasteiger partial charge in [0.2, 0.25) is 5.91 Å². The van der Waals surface area contributed by atoms with Crippen LogP contribution in [-0.4, -0.2) is 28.0 Å². The maximum Gasteiger partial charge on any atom is 0.230 e. The van der Waals surface area contributed by atoms with Gasteiger partial charge in [-0.1, -0.05) is 18.2 Å². The third kappa shape index (κ3) is 4.95. The maximum atomic E-state index is 12.4. The van der Waals surface area contributed by atoms with E-state index in [0.717, 1.165) is 27.6 Å². The first-order valence-electron chi connectivity index (χ1n) is 9.33. The number of carbonyl (C=O) groups is 1. The highest BCUT2D eigenvalue weighted by Crippen LogP contribution is 2.23. The molecule has 0 radical (unpaired) electrons. The summed E-state index contributed by atoms with van der Waals surface area (Å²) in [6, 6.07) is 17.7. The smallest absolute Gasteiger partial charge is 0.230 e. The number of thioether (sulfide) groups is 1. The largest absolute Gasteiger partial charge is 0.494 e. The van der Waals surface area contributed by atoms with Crippen LogP contribution in [0.4, 0.5) is 0 Å². The van der Waals surface area contributed by atoms with Crippen molar-refractivity contribution in [1.29, 1.82) is 0 Å². The highest BCUT2D eigenvalue weighted by Gasteiger charge is 2.16. The van der Waals surface area contributed by atoms with Gasteiger partial charge in [0, 0.05) is 16.2 Å². The van der Waals surface area contributed by atoms with Crippen molar-refractivity contribution in [1.82, 2.24) is 15.1 Å². The summed E-state index contributed by atoms with van der Waals surface area (Å²) in [5.41, 5.74) is 3.05. The number of hydrogen-bond acceptors (Lipinski definition) is 4. The van der Waals surface area contributed by atoms with E-state index in [1.165, 1.54) is 11.8 Å². The second-order valence-electron chi connectivity index (χ2n) is 6.41. The summed E-state index contributed by atoms with van der Waals surface area (Å²) in [7, 11) is 0. The van der Waals surface area contributed by atoms with E-state index in [-0.39, 0.29) is 11.9 Å². The van der Waals surface area contributed by atoms with Crippen LogP contribution in [0.2, 0.25) is 0 Å². The summed E-state index contributed by atoms with van der Waals surface area (Å²) in [6.45, 7) is 6.61. The molecular formula is C22H25N3O2S. The molecule has 0 bridgehead atoms. The standard InChI is InChI=1S/C22H25N3O2S/c1-4-27-19-10-12-20(13-11-19)28-15-22(26)24-16(2)21-14-23-25(17(21)3)18-8-6-5-7-9-18/h5-14,16H,4,15H2,1-3H3,(H,24,26). The fourth-order valence-electron chi connectivity index (χ4n) is 2.99. The van der Waals surface area contributed by atoms with Crippen LogP contribution in [0.3, 0.4) is 0 Å². The van der Waals surface area contributed by atoms with Gasteiger partial charge in [-0.05, 0) is 57.2 Å². The molecular weight excluding hydrogens is 370 g/mol. The Morgan fingerprint density at radius 2 is 1.89 bits per heavy atom. The third-order valence-electron chi connectivity index (χ3n) is 4.40. The van der Waals surface area contributed by atoms with Crippen molar-refractivity contribution in [2.75, 3.05) is 12.4 Å². The summed E-state index contributed by atoms with van der Waals surface area (Å²) in [6.07, 6.45) is 1.83. The van der Waals surface area contributed by atoms with Crippen LogP contribution >= 0.6 is 11.8 Å². The topological polar surface area (TPSA) is 56.1 Å². The molecule has 146 valence electrons. The molecule has 6 heteroatoms. The lowest BCUT2D eigenvalue weighted by Crippen LogP contribution is -2.28. The number of para-hydroxylation sites is 1. The van der Waals surface area contributed by atoms with Gasteiger partial charge in [0.05, 0.1) is 30.3 Å². The van der Waals surface area contributed by atoms with Crippen LogP contribution in [0.5, 0.6) is 5.75 Å². The number of aromatic nitrogens is 2. The van der Waals surface area contributed by atoms with Crippen molar-refractivity contribution in [3.8, 4) is 11.4 Å². The molecule has 5 nitrogen and oxygen atoms in total. The fraction of sp³-hybridized carbons (Fsp3) is 0.273. The number of rotatable bonds is 8. The molecule has 0 saturated heterocycles. The Kier molecular flexibility index (Phi) is 6.76. The van der Waals surface area contributed by atoms with Crippen molar-refractivity contribution in [3.63, 3.8) is 0 Å². The molecule has 1 atom stereocenters. The first-order chi connectivity index (χ1) is 13.6. The zero-order chi connectivity index (χ0) is 19.9. The van der Waals surface area contributed by atoms with E-state index in [1.54, 1.807) is 0 Å². The van der Waals surface area contributed by atoms with Crippen molar-refractivity contribution >= 4 is 17.7 Å². The zero-order valence-electron chi connectivity index (χ0n) is 16.4. The van der Waals surface area contributed by atoms with Gasteiger partial charge in [-0.2, -0.15) is 5.10 Å². The predicted octanol–water partition coefficient (Wildman–Crippen LogP) is 4.55. The van der Waals surface area contributed by atoms with Gasteiger partial charge >= 0.3 is 0 Å². The molecule has 0 aliphatic carbocycles. The van der Waals surface area contributed by atoms with Crippen LogP contribution in [0.25, 0.3) is 5.69 Å². The van der Waals surface area contributed by atoms with E-state index in [0.29, 0.717) is 12.4 Å². The first kappa shape index (κ1) is 20.0. The van der Waals surface area contributed by atoms with E-state index in [2.05, 4.69) is 10.4 Å². The Hall–Kier alpha value is -2.73. The molecule has 1 unspecified atom stereocenters. The molecule has 0 spiro atoms. The number of benzene rings is 2. The van der Waals surface area contributed by atoms with Gasteiger partial charge in [-0.15, -0.1) is 11.8 Å². The summed E-state index contributed by atoms with van der Waals surface area (Å²) >= 11 is 1.51. The second kappa shape index (κ2) is 9.46. The van der Waals surface area contributed by atoms with Crippen molar-refractivity contribution in [3.05, 3.63) is 72.1 Å². The monoisotopic (exact) mass is 395 g/mol. The SMILES string of the molecule is CCOc1ccc(SCC(=O)NC(C)c2cnn(-c3ccccc3)c2C)cc1. The van der Waals surface area contributed by atoms with Gasteiger partial charge in [0.15, 0.2) is 0 Å². The fourth-order valence-corrected chi connectivity index (χ4v) is 3.70. The summed E-state index contributed by atoms with van der Waals surface area (Å²) in [5.74, 6) is 1.21. The summed E-state index contributed by atoms with van der Waals surface area (Å²) in [5, 5.41) is 7.55. The molecule has 1 heterocycles. The summed E-state index contributed by atoms with van der Waals surface area (Å²) in [4.78, 5) is 13.4. The quantitative estimate of drug-likeness (QED) is 0.569. The van der Waals surface area contributed by atoms with Gasteiger partial charge < -0.3 is 10.1 Å². The van der Waals surface area contributed by atoms with Gasteiger partial charge in [0.1, 0.15) is 5.75 Å². The molecule has 0 aliphatic heterocycles. The van der Waals surface area contributed by atoms with Gasteiger partial charge in [0.25, 0.3) is 0 Å². The minimum Gasteiger partial charge on any atom is -0.494 e. The van der Waals surface area contributed by atoms with E-state index >= 15 is 0 Å². The molecule has 1 amide bonds. The Labute approximate surface area is 170 Å². The van der Waals surface area contributed by atoms with Crippen LogP contribution in [-0.2, 0) is 4.79 Å². The normalized spacial score (nSPS) is 11.8. The Balaban J connectivity index is 1.56. The third-order valence-corrected chi connectivity index (χ3v) is 5.41. The molecule has 3 rings (SSSR count). The van der Waals surface area contributed by atoms with Gasteiger partial charge in [-0.3, -0.25) is 4.79 Å². The molecule has 1 aromatic heterocycles. The Morgan fingerprint density at radius 1 is 1.18 bits per heavy atom. The van der Waals surface area contributed by atoms with E-state index in [4.69, 9.17) is 4.74 Å². The number of amides is 1. The first-order valence-corrected chi connectivity index (χ1v) is 10.3. The molecule has 0 saturated carbocycles. The van der Waals surface area contributed by atoms with E-state index in [1.807, 2.05) is 86.2 Å². The minimum atomic E-state index is -0.106. The lowest BCUT2D eigenvalue weighted by molar-refractivity contribution is -0.119. The van der Waals surface area contributed by atoms with Crippen LogP contribution in [0.15, 0.2) is 65.7 Å². The predicted molar refractivity (Wildman–Crippen MR) is 113 cm³/mol. The van der Waals surface area contributed by atoms with Crippen LogP contribution in [0, 0.1) is 6.92 Å². The maximum absolute atomic E-state index is 12.4. The highest BCUT2D eigenvalue weighted by atomic mass is 32.2. The second-order valence-corrected chi connectivity index (χ2v) is 7.46. The number of ether oxygens (including phenoxy) is 1. The van der Waals surface area contributed by atoms with Crippen LogP contribution < -0.4 is 10.1 Å². The van der Waals surface area contributed by atoms with Crippen molar-refractivity contribution in [2.24, 2.45) is 0 Å².